The number of hydrogen-bond acceptors (Lipinski definition) is 6. The summed E-state index contributed by atoms with van der Waals surface area (Å²) in [4.78, 5) is 15.8. The molecule has 0 aromatic heterocycles. The monoisotopic (exact) mass is 571 g/mol. The first-order valence-corrected chi connectivity index (χ1v) is 14.4. The molecule has 0 bridgehead atoms. The zero-order chi connectivity index (χ0) is 28.2. The van der Waals surface area contributed by atoms with E-state index in [1.165, 1.54) is 10.8 Å². The zero-order valence-corrected chi connectivity index (χ0v) is 23.8. The van der Waals surface area contributed by atoms with Gasteiger partial charge in [-0.15, -0.1) is 0 Å². The minimum Gasteiger partial charge on any atom is -0.496 e. The Hall–Kier alpha value is -3.78. The van der Waals surface area contributed by atoms with Gasteiger partial charge in [-0.3, -0.25) is 9.69 Å². The van der Waals surface area contributed by atoms with Crippen molar-refractivity contribution >= 4 is 28.3 Å². The number of rotatable bonds is 10. The molecule has 0 spiro atoms. The number of ether oxygens (including phenoxy) is 3. The number of likely N-dealkylation sites (tertiary alicyclic amines) is 1. The minimum absolute atomic E-state index is 0.0415. The van der Waals surface area contributed by atoms with Crippen LogP contribution in [-0.2, 0) is 24.3 Å². The van der Waals surface area contributed by atoms with Gasteiger partial charge in [0, 0.05) is 42.8 Å². The summed E-state index contributed by atoms with van der Waals surface area (Å²) in [5.41, 5.74) is 3.32. The second kappa shape index (κ2) is 12.4. The average molecular weight is 572 g/mol. The molecule has 2 heterocycles. The number of methoxy groups -OCH3 is 1. The lowest BCUT2D eigenvalue weighted by molar-refractivity contribution is -0.125. The Kier molecular flexibility index (Phi) is 8.28. The fourth-order valence-corrected chi connectivity index (χ4v) is 6.06. The number of nitrogens with one attached hydrogen (secondary N) is 2. The standard InChI is InChI=1S/C33H34ClN3O4/c1-39-30-12-10-24-6-2-3-8-27(24)28(30)18-36-26-17-29(37(20-26)19-23-5-4-7-25(34)15-23)33(38)35-14-13-22-9-11-31-32(16-22)41-21-40-31/h2-12,15-16,26,29,36H,13-14,17-21H2,1H3,(H,35,38)/t26-,29-/m0/s1. The second-order valence-corrected chi connectivity index (χ2v) is 11.0. The normalized spacial score (nSPS) is 18.1. The number of fused-ring (bicyclic) bond motifs is 2. The van der Waals surface area contributed by atoms with E-state index in [2.05, 4.69) is 45.9 Å². The predicted octanol–water partition coefficient (Wildman–Crippen LogP) is 5.32. The van der Waals surface area contributed by atoms with Gasteiger partial charge < -0.3 is 24.8 Å². The van der Waals surface area contributed by atoms with Crippen LogP contribution >= 0.6 is 11.6 Å². The summed E-state index contributed by atoms with van der Waals surface area (Å²) in [5.74, 6) is 2.43. The summed E-state index contributed by atoms with van der Waals surface area (Å²) in [6.45, 7) is 2.85. The molecule has 0 saturated carbocycles. The van der Waals surface area contributed by atoms with E-state index in [0.29, 0.717) is 37.5 Å². The molecule has 7 nitrogen and oxygen atoms in total. The van der Waals surface area contributed by atoms with Crippen molar-refractivity contribution < 1.29 is 19.0 Å². The summed E-state index contributed by atoms with van der Waals surface area (Å²) < 4.78 is 16.6. The lowest BCUT2D eigenvalue weighted by Crippen LogP contribution is -2.43. The van der Waals surface area contributed by atoms with E-state index in [-0.39, 0.29) is 24.8 Å². The molecule has 8 heteroatoms. The molecule has 1 fully saturated rings. The molecule has 1 saturated heterocycles. The van der Waals surface area contributed by atoms with E-state index >= 15 is 0 Å². The van der Waals surface area contributed by atoms with Gasteiger partial charge >= 0.3 is 0 Å². The number of halogens is 1. The van der Waals surface area contributed by atoms with Crippen molar-refractivity contribution in [1.82, 2.24) is 15.5 Å². The van der Waals surface area contributed by atoms with Crippen molar-refractivity contribution in [1.29, 1.82) is 0 Å². The largest absolute Gasteiger partial charge is 0.496 e. The van der Waals surface area contributed by atoms with E-state index in [1.807, 2.05) is 48.5 Å². The number of carbonyl (C=O) groups excluding carboxylic acids is 1. The van der Waals surface area contributed by atoms with Crippen molar-refractivity contribution in [3.05, 3.63) is 101 Å². The first kappa shape index (κ1) is 27.4. The van der Waals surface area contributed by atoms with Crippen molar-refractivity contribution in [2.75, 3.05) is 27.0 Å². The van der Waals surface area contributed by atoms with Gasteiger partial charge in [0.05, 0.1) is 13.2 Å². The molecule has 0 unspecified atom stereocenters. The number of carbonyl (C=O) groups is 1. The van der Waals surface area contributed by atoms with Crippen LogP contribution in [0.3, 0.4) is 0 Å². The molecule has 4 aromatic rings. The molecule has 2 aliphatic heterocycles. The van der Waals surface area contributed by atoms with Gasteiger partial charge in [-0.1, -0.05) is 60.1 Å². The van der Waals surface area contributed by atoms with Crippen LogP contribution < -0.4 is 24.8 Å². The van der Waals surface area contributed by atoms with Crippen molar-refractivity contribution in [2.45, 2.75) is 38.0 Å². The maximum Gasteiger partial charge on any atom is 0.237 e. The second-order valence-electron chi connectivity index (χ2n) is 10.6. The lowest BCUT2D eigenvalue weighted by Gasteiger charge is -2.23. The van der Waals surface area contributed by atoms with Gasteiger partial charge in [-0.25, -0.2) is 0 Å². The van der Waals surface area contributed by atoms with Crippen LogP contribution in [0, 0.1) is 0 Å². The first-order valence-electron chi connectivity index (χ1n) is 14.0. The van der Waals surface area contributed by atoms with Crippen LogP contribution in [0.4, 0.5) is 0 Å². The van der Waals surface area contributed by atoms with Crippen LogP contribution in [0.25, 0.3) is 10.8 Å². The van der Waals surface area contributed by atoms with Gasteiger partial charge in [0.25, 0.3) is 0 Å². The Morgan fingerprint density at radius 3 is 2.76 bits per heavy atom. The summed E-state index contributed by atoms with van der Waals surface area (Å²) in [5, 5.41) is 9.96. The third-order valence-corrected chi connectivity index (χ3v) is 8.15. The highest BCUT2D eigenvalue weighted by Crippen LogP contribution is 2.33. The van der Waals surface area contributed by atoms with Crippen molar-refractivity contribution in [3.63, 3.8) is 0 Å². The van der Waals surface area contributed by atoms with E-state index in [9.17, 15) is 4.79 Å². The molecular formula is C33H34ClN3O4. The Labute approximate surface area is 245 Å². The van der Waals surface area contributed by atoms with E-state index < -0.39 is 0 Å². The number of amides is 1. The number of hydrogen-bond donors (Lipinski definition) is 2. The molecular weight excluding hydrogens is 538 g/mol. The topological polar surface area (TPSA) is 72.1 Å². The van der Waals surface area contributed by atoms with Crippen LogP contribution in [0.5, 0.6) is 17.2 Å². The SMILES string of the molecule is COc1ccc2ccccc2c1CN[C@H]1C[C@@H](C(=O)NCCc2ccc3c(c2)OCO3)N(Cc2cccc(Cl)c2)C1. The van der Waals surface area contributed by atoms with Crippen LogP contribution in [0.1, 0.15) is 23.1 Å². The molecule has 41 heavy (non-hydrogen) atoms. The zero-order valence-electron chi connectivity index (χ0n) is 23.1. The summed E-state index contributed by atoms with van der Waals surface area (Å²) in [7, 11) is 1.71. The van der Waals surface area contributed by atoms with E-state index in [1.54, 1.807) is 7.11 Å². The molecule has 2 N–H and O–H groups in total. The van der Waals surface area contributed by atoms with Gasteiger partial charge in [-0.05, 0) is 65.1 Å². The molecule has 1 amide bonds. The highest BCUT2D eigenvalue weighted by molar-refractivity contribution is 6.30. The summed E-state index contributed by atoms with van der Waals surface area (Å²) >= 11 is 6.27. The molecule has 2 aliphatic rings. The smallest absolute Gasteiger partial charge is 0.237 e. The lowest BCUT2D eigenvalue weighted by atomic mass is 10.0. The highest BCUT2D eigenvalue weighted by Gasteiger charge is 2.36. The van der Waals surface area contributed by atoms with Gasteiger partial charge in [0.1, 0.15) is 5.75 Å². The van der Waals surface area contributed by atoms with Gasteiger partial charge in [0.2, 0.25) is 12.7 Å². The summed E-state index contributed by atoms with van der Waals surface area (Å²) in [6, 6.07) is 26.1. The van der Waals surface area contributed by atoms with Crippen LogP contribution in [0.15, 0.2) is 78.9 Å². The number of nitrogens with zero attached hydrogens (tertiary/aromatic N) is 1. The molecule has 2 atom stereocenters. The Morgan fingerprint density at radius 1 is 1.00 bits per heavy atom. The third kappa shape index (κ3) is 6.27. The van der Waals surface area contributed by atoms with E-state index in [4.69, 9.17) is 25.8 Å². The molecule has 4 aromatic carbocycles. The summed E-state index contributed by atoms with van der Waals surface area (Å²) in [6.07, 6.45) is 1.43. The number of benzene rings is 4. The minimum atomic E-state index is -0.252. The van der Waals surface area contributed by atoms with E-state index in [0.717, 1.165) is 40.5 Å². The fraction of sp³-hybridized carbons (Fsp3) is 0.303. The van der Waals surface area contributed by atoms with Gasteiger partial charge in [-0.2, -0.15) is 0 Å². The Balaban J connectivity index is 1.13. The molecule has 0 radical (unpaired) electrons. The van der Waals surface area contributed by atoms with Gasteiger partial charge in [0.15, 0.2) is 11.5 Å². The van der Waals surface area contributed by atoms with Crippen LogP contribution in [0.2, 0.25) is 5.02 Å². The van der Waals surface area contributed by atoms with Crippen LogP contribution in [-0.4, -0.2) is 49.9 Å². The molecule has 6 rings (SSSR count). The average Bonchev–Trinajstić information content (AvgIpc) is 3.62. The quantitative estimate of drug-likeness (QED) is 0.268. The third-order valence-electron chi connectivity index (χ3n) is 7.92. The maximum atomic E-state index is 13.5. The predicted molar refractivity (Wildman–Crippen MR) is 161 cm³/mol. The van der Waals surface area contributed by atoms with Crippen molar-refractivity contribution in [3.8, 4) is 17.2 Å². The maximum absolute atomic E-state index is 13.5. The Morgan fingerprint density at radius 2 is 1.88 bits per heavy atom. The Bertz CT molecular complexity index is 1540. The molecule has 0 aliphatic carbocycles. The fourth-order valence-electron chi connectivity index (χ4n) is 5.85. The van der Waals surface area contributed by atoms with Crippen molar-refractivity contribution in [2.24, 2.45) is 0 Å². The highest BCUT2D eigenvalue weighted by atomic mass is 35.5. The first-order chi connectivity index (χ1) is 20.1. The molecule has 212 valence electrons.